The van der Waals surface area contributed by atoms with Crippen molar-refractivity contribution in [3.05, 3.63) is 193 Å². The normalized spacial score (nSPS) is 12.5. The smallest absolute Gasteiger partial charge is 0.309 e. The van der Waals surface area contributed by atoms with E-state index in [1.54, 1.807) is 53.0 Å². The van der Waals surface area contributed by atoms with Crippen molar-refractivity contribution >= 4 is 107 Å². The van der Waals surface area contributed by atoms with Crippen LogP contribution in [0.1, 0.15) is 16.7 Å². The van der Waals surface area contributed by atoms with Crippen LogP contribution in [0.15, 0.2) is 176 Å². The fourth-order valence-corrected chi connectivity index (χ4v) is 12.8. The number of thiophene rings is 2. The van der Waals surface area contributed by atoms with E-state index in [9.17, 15) is 31.6 Å². The van der Waals surface area contributed by atoms with E-state index in [1.165, 1.54) is 0 Å². The number of benzene rings is 9. The fraction of sp³-hybridized carbons (Fsp3) is 0.0351. The maximum Gasteiger partial charge on any atom is 0.417 e. The molecule has 0 amide bonds. The van der Waals surface area contributed by atoms with Crippen molar-refractivity contribution < 1.29 is 26.3 Å². The van der Waals surface area contributed by atoms with Crippen LogP contribution in [-0.4, -0.2) is 9.13 Å². The van der Waals surface area contributed by atoms with E-state index in [-0.39, 0.29) is 11.6 Å². The van der Waals surface area contributed by atoms with Crippen LogP contribution in [0.5, 0.6) is 0 Å². The number of aromatic nitrogens is 2. The number of alkyl halides is 6. The molecule has 11 heteroatoms. The second kappa shape index (κ2) is 14.5. The fourth-order valence-electron chi connectivity index (χ4n) is 10.3. The van der Waals surface area contributed by atoms with Crippen LogP contribution in [0.3, 0.4) is 0 Å². The van der Waals surface area contributed by atoms with Gasteiger partial charge >= 0.3 is 12.4 Å². The maximum absolute atomic E-state index is 15.0. The number of fused-ring (bicyclic) bond motifs is 14. The van der Waals surface area contributed by atoms with Crippen LogP contribution in [-0.2, 0) is 12.4 Å². The summed E-state index contributed by atoms with van der Waals surface area (Å²) in [6, 6.07) is 55.4. The molecule has 13 aromatic rings. The van der Waals surface area contributed by atoms with Crippen LogP contribution >= 0.6 is 22.7 Å². The third kappa shape index (κ3) is 5.90. The van der Waals surface area contributed by atoms with Gasteiger partial charge in [-0.05, 0) is 90.0 Å². The lowest BCUT2D eigenvalue weighted by Gasteiger charge is -2.21. The van der Waals surface area contributed by atoms with Gasteiger partial charge in [0.25, 0.3) is 0 Å². The molecule has 9 aromatic carbocycles. The standard InChI is InChI=1S/C57H29F6N3S2/c58-56(59,60)33-19-20-34(43(29-33)57(61,62)63)32-18-24-47(66-45-14-6-2-12-40(45)53-49(66)26-22-38-36-10-4-8-16-51(36)68-55(38)53)42(28-32)41-27-31(30-64)17-23-46(41)65-44-13-5-1-11-39(44)52-48(65)25-21-37-35-9-3-7-15-50(35)67-54(37)52/h1-29H. The lowest BCUT2D eigenvalue weighted by molar-refractivity contribution is -0.142. The Bertz CT molecular complexity index is 4330. The quantitative estimate of drug-likeness (QED) is 0.162. The lowest BCUT2D eigenvalue weighted by atomic mass is 9.92. The Balaban J connectivity index is 1.16. The molecule has 0 spiro atoms. The topological polar surface area (TPSA) is 33.6 Å². The zero-order valence-electron chi connectivity index (χ0n) is 35.2. The minimum atomic E-state index is -5.12. The van der Waals surface area contributed by atoms with Crippen molar-refractivity contribution in [3.8, 4) is 39.7 Å². The third-order valence-corrected chi connectivity index (χ3v) is 15.6. The molecular weight excluding hydrogens is 905 g/mol. The van der Waals surface area contributed by atoms with E-state index >= 15 is 0 Å². The van der Waals surface area contributed by atoms with Crippen molar-refractivity contribution in [3.63, 3.8) is 0 Å². The number of para-hydroxylation sites is 2. The summed E-state index contributed by atoms with van der Waals surface area (Å²) in [7, 11) is 0. The molecule has 0 aliphatic heterocycles. The second-order valence-corrected chi connectivity index (χ2v) is 19.0. The zero-order chi connectivity index (χ0) is 46.2. The summed E-state index contributed by atoms with van der Waals surface area (Å²) < 4.78 is 95.8. The van der Waals surface area contributed by atoms with Gasteiger partial charge in [0.1, 0.15) is 0 Å². The first-order valence-electron chi connectivity index (χ1n) is 21.6. The van der Waals surface area contributed by atoms with E-state index < -0.39 is 29.0 Å². The molecule has 68 heavy (non-hydrogen) atoms. The third-order valence-electron chi connectivity index (χ3n) is 13.2. The van der Waals surface area contributed by atoms with E-state index in [4.69, 9.17) is 0 Å². The molecule has 0 aliphatic carbocycles. The molecule has 0 fully saturated rings. The van der Waals surface area contributed by atoms with Gasteiger partial charge in [-0.2, -0.15) is 31.6 Å². The largest absolute Gasteiger partial charge is 0.417 e. The van der Waals surface area contributed by atoms with Gasteiger partial charge in [0.2, 0.25) is 0 Å². The van der Waals surface area contributed by atoms with Gasteiger partial charge in [0, 0.05) is 73.0 Å². The van der Waals surface area contributed by atoms with Crippen molar-refractivity contribution in [2.75, 3.05) is 0 Å². The predicted octanol–water partition coefficient (Wildman–Crippen LogP) is 17.9. The molecule has 4 aromatic heterocycles. The van der Waals surface area contributed by atoms with Crippen LogP contribution in [0.4, 0.5) is 26.3 Å². The molecule has 4 heterocycles. The van der Waals surface area contributed by atoms with Crippen molar-refractivity contribution in [1.29, 1.82) is 5.26 Å². The average molecular weight is 934 g/mol. The molecule has 0 aliphatic rings. The molecule has 0 unspecified atom stereocenters. The highest BCUT2D eigenvalue weighted by Crippen LogP contribution is 2.49. The molecule has 13 rings (SSSR count). The molecule has 0 bridgehead atoms. The molecule has 0 N–H and O–H groups in total. The molecule has 3 nitrogen and oxygen atoms in total. The highest BCUT2D eigenvalue weighted by atomic mass is 32.1. The number of hydrogen-bond donors (Lipinski definition) is 0. The van der Waals surface area contributed by atoms with Crippen molar-refractivity contribution in [1.82, 2.24) is 9.13 Å². The van der Waals surface area contributed by atoms with E-state index in [0.717, 1.165) is 90.0 Å². The monoisotopic (exact) mass is 933 g/mol. The number of nitriles is 1. The first-order chi connectivity index (χ1) is 33.0. The Hall–Kier alpha value is -7.91. The highest BCUT2D eigenvalue weighted by molar-refractivity contribution is 7.27. The first-order valence-corrected chi connectivity index (χ1v) is 23.2. The van der Waals surface area contributed by atoms with E-state index in [1.807, 2.05) is 66.7 Å². The van der Waals surface area contributed by atoms with Crippen LogP contribution in [0.2, 0.25) is 0 Å². The molecule has 0 radical (unpaired) electrons. The van der Waals surface area contributed by atoms with Gasteiger partial charge in [0.15, 0.2) is 0 Å². The Morgan fingerprint density at radius 3 is 1.44 bits per heavy atom. The van der Waals surface area contributed by atoms with Crippen molar-refractivity contribution in [2.24, 2.45) is 0 Å². The molecular formula is C57H29F6N3S2. The summed E-state index contributed by atoms with van der Waals surface area (Å²) in [5, 5.41) is 19.0. The summed E-state index contributed by atoms with van der Waals surface area (Å²) in [4.78, 5) is 0. The van der Waals surface area contributed by atoms with Crippen LogP contribution in [0.25, 0.3) is 118 Å². The number of rotatable bonds is 4. The number of halogens is 6. The Morgan fingerprint density at radius 1 is 0.412 bits per heavy atom. The Labute approximate surface area is 390 Å². The van der Waals surface area contributed by atoms with Gasteiger partial charge in [0.05, 0.1) is 56.2 Å². The van der Waals surface area contributed by atoms with Gasteiger partial charge in [-0.1, -0.05) is 97.1 Å². The highest BCUT2D eigenvalue weighted by Gasteiger charge is 2.39. The van der Waals surface area contributed by atoms with Crippen LogP contribution < -0.4 is 0 Å². The Morgan fingerprint density at radius 2 is 0.912 bits per heavy atom. The number of hydrogen-bond acceptors (Lipinski definition) is 3. The van der Waals surface area contributed by atoms with Gasteiger partial charge < -0.3 is 9.13 Å². The number of nitrogens with zero attached hydrogens (tertiary/aromatic N) is 3. The predicted molar refractivity (Wildman–Crippen MR) is 266 cm³/mol. The summed E-state index contributed by atoms with van der Waals surface area (Å²) in [5.41, 5.74) is 2.88. The molecule has 0 saturated heterocycles. The van der Waals surface area contributed by atoms with Crippen LogP contribution in [0, 0.1) is 11.3 Å². The minimum absolute atomic E-state index is 0.0555. The van der Waals surface area contributed by atoms with Gasteiger partial charge in [-0.15, -0.1) is 22.7 Å². The zero-order valence-corrected chi connectivity index (χ0v) is 36.8. The van der Waals surface area contributed by atoms with Crippen molar-refractivity contribution in [2.45, 2.75) is 12.4 Å². The van der Waals surface area contributed by atoms with Gasteiger partial charge in [-0.3, -0.25) is 0 Å². The first kappa shape index (κ1) is 40.4. The maximum atomic E-state index is 15.0. The summed E-state index contributed by atoms with van der Waals surface area (Å²) in [6.45, 7) is 0. The second-order valence-electron chi connectivity index (χ2n) is 16.9. The SMILES string of the molecule is N#Cc1ccc(-n2c3ccccc3c3c4sc5ccccc5c4ccc32)c(-c2cc(-c3ccc(C(F)(F)F)cc3C(F)(F)F)ccc2-n2c3ccccc3c3c4sc5ccccc5c4ccc32)c1. The summed E-state index contributed by atoms with van der Waals surface area (Å²) in [6.07, 6.45) is -10.1. The minimum Gasteiger partial charge on any atom is -0.309 e. The Kier molecular flexibility index (Phi) is 8.63. The molecule has 0 saturated carbocycles. The summed E-state index contributed by atoms with van der Waals surface area (Å²) in [5.74, 6) is 0. The van der Waals surface area contributed by atoms with E-state index in [2.05, 4.69) is 75.9 Å². The summed E-state index contributed by atoms with van der Waals surface area (Å²) >= 11 is 3.40. The average Bonchev–Trinajstić information content (AvgIpc) is 4.10. The molecule has 0 atom stereocenters. The molecule has 326 valence electrons. The van der Waals surface area contributed by atoms with E-state index in [0.29, 0.717) is 34.1 Å². The lowest BCUT2D eigenvalue weighted by Crippen LogP contribution is -2.12. The van der Waals surface area contributed by atoms with Gasteiger partial charge in [-0.25, -0.2) is 0 Å².